The third-order valence-electron chi connectivity index (χ3n) is 3.03. The largest absolute Gasteiger partial charge is 0.378 e. The molecule has 0 saturated carbocycles. The molecule has 0 amide bonds. The van der Waals surface area contributed by atoms with Gasteiger partial charge in [-0.2, -0.15) is 0 Å². The summed E-state index contributed by atoms with van der Waals surface area (Å²) in [6, 6.07) is 0. The Bertz CT molecular complexity index is 388. The number of rotatable bonds is 3. The average Bonchev–Trinajstić information content (AvgIpc) is 2.40. The highest BCUT2D eigenvalue weighted by molar-refractivity contribution is 5.58. The molecule has 0 radical (unpaired) electrons. The summed E-state index contributed by atoms with van der Waals surface area (Å²) in [4.78, 5) is 11.4. The van der Waals surface area contributed by atoms with Crippen LogP contribution in [0.1, 0.15) is 18.3 Å². The fourth-order valence-electron chi connectivity index (χ4n) is 2.03. The van der Waals surface area contributed by atoms with Crippen LogP contribution in [0.4, 0.5) is 11.6 Å². The Kier molecular flexibility index (Phi) is 3.78. The number of hydrogen-bond donors (Lipinski definition) is 1. The van der Waals surface area contributed by atoms with E-state index in [2.05, 4.69) is 34.0 Å². The summed E-state index contributed by atoms with van der Waals surface area (Å²) in [7, 11) is 1.90. The molecule has 1 fully saturated rings. The molecule has 2 heterocycles. The summed E-state index contributed by atoms with van der Waals surface area (Å²) in [5, 5.41) is 3.14. The molecule has 1 aliphatic rings. The highest BCUT2D eigenvalue weighted by Crippen LogP contribution is 2.24. The van der Waals surface area contributed by atoms with E-state index in [0.717, 1.165) is 55.7 Å². The predicted octanol–water partition coefficient (Wildman–Crippen LogP) is 1.23. The molecule has 0 aliphatic carbocycles. The van der Waals surface area contributed by atoms with Crippen LogP contribution < -0.4 is 10.2 Å². The second-order valence-corrected chi connectivity index (χ2v) is 4.14. The van der Waals surface area contributed by atoms with Gasteiger partial charge >= 0.3 is 0 Å². The predicted molar refractivity (Wildman–Crippen MR) is 68.7 cm³/mol. The summed E-state index contributed by atoms with van der Waals surface area (Å²) < 4.78 is 5.37. The molecular weight excluding hydrogens is 216 g/mol. The van der Waals surface area contributed by atoms with Crippen LogP contribution in [0, 0.1) is 6.92 Å². The Morgan fingerprint density at radius 3 is 2.59 bits per heavy atom. The van der Waals surface area contributed by atoms with E-state index < -0.39 is 0 Å². The minimum atomic E-state index is 0.778. The fourth-order valence-corrected chi connectivity index (χ4v) is 2.03. The van der Waals surface area contributed by atoms with E-state index in [1.165, 1.54) is 0 Å². The first-order valence-corrected chi connectivity index (χ1v) is 6.14. The average molecular weight is 236 g/mol. The first-order chi connectivity index (χ1) is 8.26. The smallest absolute Gasteiger partial charge is 0.137 e. The first kappa shape index (κ1) is 12.1. The molecule has 0 spiro atoms. The van der Waals surface area contributed by atoms with Crippen LogP contribution in [0.15, 0.2) is 0 Å². The molecule has 17 heavy (non-hydrogen) atoms. The van der Waals surface area contributed by atoms with E-state index in [1.54, 1.807) is 0 Å². The van der Waals surface area contributed by atoms with E-state index in [4.69, 9.17) is 4.74 Å². The van der Waals surface area contributed by atoms with Gasteiger partial charge in [0.05, 0.1) is 13.2 Å². The zero-order valence-electron chi connectivity index (χ0n) is 10.8. The molecule has 2 rings (SSSR count). The van der Waals surface area contributed by atoms with Gasteiger partial charge in [0.15, 0.2) is 0 Å². The quantitative estimate of drug-likeness (QED) is 0.855. The van der Waals surface area contributed by atoms with Crippen molar-refractivity contribution in [1.82, 2.24) is 9.97 Å². The Hall–Kier alpha value is -1.36. The van der Waals surface area contributed by atoms with E-state index in [-0.39, 0.29) is 0 Å². The molecular formula is C12H20N4O. The summed E-state index contributed by atoms with van der Waals surface area (Å²) >= 11 is 0. The molecule has 0 atom stereocenters. The maximum absolute atomic E-state index is 5.37. The third-order valence-corrected chi connectivity index (χ3v) is 3.03. The number of aryl methyl sites for hydroxylation is 1. The van der Waals surface area contributed by atoms with E-state index in [0.29, 0.717) is 0 Å². The van der Waals surface area contributed by atoms with Crippen molar-refractivity contribution in [2.24, 2.45) is 0 Å². The van der Waals surface area contributed by atoms with Gasteiger partial charge in [0.2, 0.25) is 0 Å². The molecule has 1 N–H and O–H groups in total. The molecule has 0 unspecified atom stereocenters. The van der Waals surface area contributed by atoms with Gasteiger partial charge in [-0.05, 0) is 6.92 Å². The molecule has 1 saturated heterocycles. The van der Waals surface area contributed by atoms with Gasteiger partial charge < -0.3 is 15.0 Å². The number of hydrogen-bond acceptors (Lipinski definition) is 5. The van der Waals surface area contributed by atoms with Crippen LogP contribution in [0.25, 0.3) is 0 Å². The second-order valence-electron chi connectivity index (χ2n) is 4.14. The van der Waals surface area contributed by atoms with Crippen LogP contribution >= 0.6 is 0 Å². The molecule has 0 bridgehead atoms. The third kappa shape index (κ3) is 2.49. The van der Waals surface area contributed by atoms with Crippen LogP contribution in [0.2, 0.25) is 0 Å². The van der Waals surface area contributed by atoms with Gasteiger partial charge in [0, 0.05) is 32.1 Å². The molecule has 0 aromatic carbocycles. The van der Waals surface area contributed by atoms with Gasteiger partial charge in [0.1, 0.15) is 17.5 Å². The number of anilines is 2. The Balaban J connectivity index is 2.36. The van der Waals surface area contributed by atoms with Crippen molar-refractivity contribution in [2.75, 3.05) is 43.6 Å². The van der Waals surface area contributed by atoms with Crippen LogP contribution in [0.3, 0.4) is 0 Å². The SMILES string of the molecule is CCc1nc(NC)c(C)c(N2CCOCC2)n1. The molecule has 94 valence electrons. The lowest BCUT2D eigenvalue weighted by Crippen LogP contribution is -2.37. The molecule has 5 heteroatoms. The van der Waals surface area contributed by atoms with Crippen molar-refractivity contribution >= 4 is 11.6 Å². The first-order valence-electron chi connectivity index (χ1n) is 6.14. The number of morpholine rings is 1. The summed E-state index contributed by atoms with van der Waals surface area (Å²) in [5.41, 5.74) is 1.12. The molecule has 1 aliphatic heterocycles. The van der Waals surface area contributed by atoms with Gasteiger partial charge in [-0.1, -0.05) is 6.92 Å². The molecule has 1 aromatic heterocycles. The zero-order chi connectivity index (χ0) is 12.3. The minimum Gasteiger partial charge on any atom is -0.378 e. The van der Waals surface area contributed by atoms with E-state index in [9.17, 15) is 0 Å². The lowest BCUT2D eigenvalue weighted by atomic mass is 10.2. The summed E-state index contributed by atoms with van der Waals surface area (Å²) in [6.45, 7) is 7.51. The van der Waals surface area contributed by atoms with Gasteiger partial charge in [0.25, 0.3) is 0 Å². The Morgan fingerprint density at radius 2 is 2.00 bits per heavy atom. The lowest BCUT2D eigenvalue weighted by molar-refractivity contribution is 0.122. The second kappa shape index (κ2) is 5.31. The van der Waals surface area contributed by atoms with E-state index >= 15 is 0 Å². The van der Waals surface area contributed by atoms with Gasteiger partial charge in [-0.25, -0.2) is 9.97 Å². The van der Waals surface area contributed by atoms with Crippen molar-refractivity contribution in [3.05, 3.63) is 11.4 Å². The van der Waals surface area contributed by atoms with Gasteiger partial charge in [-0.3, -0.25) is 0 Å². The maximum atomic E-state index is 5.37. The number of aromatic nitrogens is 2. The summed E-state index contributed by atoms with van der Waals surface area (Å²) in [5.74, 6) is 2.87. The Labute approximate surface area is 102 Å². The van der Waals surface area contributed by atoms with Crippen molar-refractivity contribution in [2.45, 2.75) is 20.3 Å². The van der Waals surface area contributed by atoms with Crippen molar-refractivity contribution in [3.8, 4) is 0 Å². The lowest BCUT2D eigenvalue weighted by Gasteiger charge is -2.29. The number of nitrogens with zero attached hydrogens (tertiary/aromatic N) is 3. The molecule has 5 nitrogen and oxygen atoms in total. The number of ether oxygens (including phenoxy) is 1. The van der Waals surface area contributed by atoms with E-state index in [1.807, 2.05) is 7.05 Å². The minimum absolute atomic E-state index is 0.778. The van der Waals surface area contributed by atoms with Crippen LogP contribution in [-0.4, -0.2) is 43.3 Å². The monoisotopic (exact) mass is 236 g/mol. The standard InChI is InChI=1S/C12H20N4O/c1-4-10-14-11(13-3)9(2)12(15-10)16-5-7-17-8-6-16/h4-8H2,1-3H3,(H,13,14,15). The van der Waals surface area contributed by atoms with Crippen LogP contribution in [-0.2, 0) is 11.2 Å². The Morgan fingerprint density at radius 1 is 1.29 bits per heavy atom. The summed E-state index contributed by atoms with van der Waals surface area (Å²) in [6.07, 6.45) is 0.853. The topological polar surface area (TPSA) is 50.3 Å². The normalized spacial score (nSPS) is 16.1. The maximum Gasteiger partial charge on any atom is 0.137 e. The number of nitrogens with one attached hydrogen (secondary N) is 1. The van der Waals surface area contributed by atoms with Crippen molar-refractivity contribution in [1.29, 1.82) is 0 Å². The van der Waals surface area contributed by atoms with Crippen molar-refractivity contribution < 1.29 is 4.74 Å². The highest BCUT2D eigenvalue weighted by atomic mass is 16.5. The van der Waals surface area contributed by atoms with Crippen LogP contribution in [0.5, 0.6) is 0 Å². The highest BCUT2D eigenvalue weighted by Gasteiger charge is 2.17. The van der Waals surface area contributed by atoms with Gasteiger partial charge in [-0.15, -0.1) is 0 Å². The zero-order valence-corrected chi connectivity index (χ0v) is 10.8. The molecule has 1 aromatic rings. The van der Waals surface area contributed by atoms with Crippen molar-refractivity contribution in [3.63, 3.8) is 0 Å². The fraction of sp³-hybridized carbons (Fsp3) is 0.667.